The van der Waals surface area contributed by atoms with Crippen LogP contribution in [0.25, 0.3) is 0 Å². The van der Waals surface area contributed by atoms with Gasteiger partial charge in [0.25, 0.3) is 0 Å². The third kappa shape index (κ3) is 12.3. The number of hydrogen-bond acceptors (Lipinski definition) is 6. The summed E-state index contributed by atoms with van der Waals surface area (Å²) < 4.78 is 10.6. The summed E-state index contributed by atoms with van der Waals surface area (Å²) in [5.41, 5.74) is 0. The van der Waals surface area contributed by atoms with Gasteiger partial charge in [-0.15, -0.1) is 0 Å². The fraction of sp³-hybridized carbons (Fsp3) is 0.905. The minimum atomic E-state index is -0.213. The molecule has 1 unspecified atom stereocenters. The zero-order valence-electron chi connectivity index (χ0n) is 17.3. The maximum atomic E-state index is 11.8. The summed E-state index contributed by atoms with van der Waals surface area (Å²) in [4.78, 5) is 26.0. The van der Waals surface area contributed by atoms with Crippen LogP contribution >= 0.6 is 12.6 Å². The molecule has 0 aliphatic carbocycles. The zero-order valence-corrected chi connectivity index (χ0v) is 18.2. The van der Waals surface area contributed by atoms with Crippen molar-refractivity contribution in [1.29, 1.82) is 0 Å². The standard InChI is InChI=1S/C21H39NO4S/c1-3-6-18(2)17-26-21(24)8-4-7-20(23)25-15-11-19-9-13-22(14-10-19)12-5-16-27/h18-19,27H,3-17H2,1-2H3. The number of esters is 2. The molecule has 0 aromatic carbocycles. The Morgan fingerprint density at radius 3 is 2.41 bits per heavy atom. The summed E-state index contributed by atoms with van der Waals surface area (Å²) in [7, 11) is 0. The van der Waals surface area contributed by atoms with Gasteiger partial charge in [-0.2, -0.15) is 12.6 Å². The Bertz CT molecular complexity index is 411. The first kappa shape index (κ1) is 24.3. The van der Waals surface area contributed by atoms with Crippen LogP contribution in [0.4, 0.5) is 0 Å². The second-order valence-corrected chi connectivity index (χ2v) is 8.25. The van der Waals surface area contributed by atoms with Crippen molar-refractivity contribution in [3.63, 3.8) is 0 Å². The Hall–Kier alpha value is -0.750. The molecule has 0 N–H and O–H groups in total. The predicted molar refractivity (Wildman–Crippen MR) is 112 cm³/mol. The number of hydrogen-bond donors (Lipinski definition) is 1. The van der Waals surface area contributed by atoms with E-state index in [1.807, 2.05) is 0 Å². The average Bonchev–Trinajstić information content (AvgIpc) is 2.66. The van der Waals surface area contributed by atoms with Crippen LogP contribution in [-0.4, -0.2) is 55.4 Å². The third-order valence-corrected chi connectivity index (χ3v) is 5.52. The summed E-state index contributed by atoms with van der Waals surface area (Å²) >= 11 is 4.26. The lowest BCUT2D eigenvalue weighted by Gasteiger charge is -2.31. The number of rotatable bonds is 14. The van der Waals surface area contributed by atoms with Crippen LogP contribution in [0.3, 0.4) is 0 Å². The molecule has 0 amide bonds. The highest BCUT2D eigenvalue weighted by Gasteiger charge is 2.19. The molecular weight excluding hydrogens is 362 g/mol. The van der Waals surface area contributed by atoms with Crippen LogP contribution in [0.1, 0.15) is 71.6 Å². The van der Waals surface area contributed by atoms with Gasteiger partial charge in [-0.25, -0.2) is 0 Å². The van der Waals surface area contributed by atoms with Gasteiger partial charge in [0.2, 0.25) is 0 Å². The molecule has 0 radical (unpaired) electrons. The van der Waals surface area contributed by atoms with E-state index in [1.54, 1.807) is 0 Å². The van der Waals surface area contributed by atoms with E-state index in [0.717, 1.165) is 51.1 Å². The fourth-order valence-corrected chi connectivity index (χ4v) is 3.61. The van der Waals surface area contributed by atoms with Crippen molar-refractivity contribution in [3.05, 3.63) is 0 Å². The van der Waals surface area contributed by atoms with Crippen molar-refractivity contribution in [3.8, 4) is 0 Å². The first-order valence-electron chi connectivity index (χ1n) is 10.7. The Morgan fingerprint density at radius 1 is 1.11 bits per heavy atom. The molecule has 0 aromatic rings. The Balaban J connectivity index is 1.99. The molecule has 27 heavy (non-hydrogen) atoms. The van der Waals surface area contributed by atoms with Gasteiger partial charge in [0, 0.05) is 12.8 Å². The molecule has 5 nitrogen and oxygen atoms in total. The van der Waals surface area contributed by atoms with E-state index in [1.165, 1.54) is 12.8 Å². The van der Waals surface area contributed by atoms with Crippen LogP contribution in [-0.2, 0) is 19.1 Å². The highest BCUT2D eigenvalue weighted by Crippen LogP contribution is 2.20. The lowest BCUT2D eigenvalue weighted by molar-refractivity contribution is -0.146. The second kappa shape index (κ2) is 15.2. The van der Waals surface area contributed by atoms with Gasteiger partial charge in [0.1, 0.15) is 0 Å². The maximum Gasteiger partial charge on any atom is 0.305 e. The average molecular weight is 402 g/mol. The van der Waals surface area contributed by atoms with Crippen molar-refractivity contribution < 1.29 is 19.1 Å². The molecule has 1 fully saturated rings. The lowest BCUT2D eigenvalue weighted by atomic mass is 9.94. The van der Waals surface area contributed by atoms with E-state index < -0.39 is 0 Å². The quantitative estimate of drug-likeness (QED) is 0.351. The van der Waals surface area contributed by atoms with Crippen LogP contribution in [0, 0.1) is 11.8 Å². The molecule has 158 valence electrons. The molecule has 1 heterocycles. The normalized spacial score (nSPS) is 16.9. The minimum absolute atomic E-state index is 0.201. The number of carbonyl (C=O) groups excluding carboxylic acids is 2. The molecule has 1 aliphatic rings. The fourth-order valence-electron chi connectivity index (χ4n) is 3.47. The van der Waals surface area contributed by atoms with Crippen molar-refractivity contribution in [2.24, 2.45) is 11.8 Å². The summed E-state index contributed by atoms with van der Waals surface area (Å²) in [5, 5.41) is 0. The van der Waals surface area contributed by atoms with Gasteiger partial charge >= 0.3 is 11.9 Å². The highest BCUT2D eigenvalue weighted by atomic mass is 32.1. The predicted octanol–water partition coefficient (Wildman–Crippen LogP) is 4.10. The van der Waals surface area contributed by atoms with E-state index >= 15 is 0 Å². The molecule has 1 aliphatic heterocycles. The molecule has 1 saturated heterocycles. The molecule has 6 heteroatoms. The summed E-state index contributed by atoms with van der Waals surface area (Å²) in [6, 6.07) is 0. The zero-order chi connectivity index (χ0) is 19.9. The number of thiol groups is 1. The summed E-state index contributed by atoms with van der Waals surface area (Å²) in [6.45, 7) is 8.61. The Morgan fingerprint density at radius 2 is 1.78 bits per heavy atom. The molecule has 0 bridgehead atoms. The van der Waals surface area contributed by atoms with E-state index in [2.05, 4.69) is 31.4 Å². The van der Waals surface area contributed by atoms with E-state index in [0.29, 0.717) is 44.3 Å². The van der Waals surface area contributed by atoms with Crippen LogP contribution in [0.5, 0.6) is 0 Å². The van der Waals surface area contributed by atoms with Gasteiger partial charge in [-0.05, 0) is 75.7 Å². The summed E-state index contributed by atoms with van der Waals surface area (Å²) in [6.07, 6.45) is 7.72. The number of likely N-dealkylation sites (tertiary alicyclic amines) is 1. The molecule has 0 aromatic heterocycles. The van der Waals surface area contributed by atoms with Crippen LogP contribution < -0.4 is 0 Å². The monoisotopic (exact) mass is 401 g/mol. The Kier molecular flexibility index (Phi) is 13.7. The van der Waals surface area contributed by atoms with Crippen LogP contribution in [0.2, 0.25) is 0 Å². The topological polar surface area (TPSA) is 55.8 Å². The smallest absolute Gasteiger partial charge is 0.305 e. The van der Waals surface area contributed by atoms with Crippen LogP contribution in [0.15, 0.2) is 0 Å². The van der Waals surface area contributed by atoms with Crippen molar-refractivity contribution in [1.82, 2.24) is 4.90 Å². The summed E-state index contributed by atoms with van der Waals surface area (Å²) in [5.74, 6) is 1.60. The number of piperidine rings is 1. The number of nitrogens with zero attached hydrogens (tertiary/aromatic N) is 1. The van der Waals surface area contributed by atoms with Gasteiger partial charge in [0.05, 0.1) is 13.2 Å². The largest absolute Gasteiger partial charge is 0.466 e. The SMILES string of the molecule is CCCC(C)COC(=O)CCCC(=O)OCCC1CCN(CCCS)CC1. The molecule has 0 spiro atoms. The van der Waals surface area contributed by atoms with Crippen molar-refractivity contribution >= 4 is 24.6 Å². The number of carbonyl (C=O) groups is 2. The number of ether oxygens (including phenoxy) is 2. The van der Waals surface area contributed by atoms with Gasteiger partial charge in [-0.1, -0.05) is 20.3 Å². The van der Waals surface area contributed by atoms with E-state index in [9.17, 15) is 9.59 Å². The van der Waals surface area contributed by atoms with Gasteiger partial charge < -0.3 is 14.4 Å². The first-order chi connectivity index (χ1) is 13.0. The van der Waals surface area contributed by atoms with Gasteiger partial charge in [-0.3, -0.25) is 9.59 Å². The molecule has 0 saturated carbocycles. The maximum absolute atomic E-state index is 11.8. The van der Waals surface area contributed by atoms with Gasteiger partial charge in [0.15, 0.2) is 0 Å². The van der Waals surface area contributed by atoms with Crippen molar-refractivity contribution in [2.45, 2.75) is 71.6 Å². The van der Waals surface area contributed by atoms with Crippen molar-refractivity contribution in [2.75, 3.05) is 38.6 Å². The lowest BCUT2D eigenvalue weighted by Crippen LogP contribution is -2.34. The third-order valence-electron chi connectivity index (χ3n) is 5.20. The highest BCUT2D eigenvalue weighted by molar-refractivity contribution is 7.80. The van der Waals surface area contributed by atoms with E-state index in [-0.39, 0.29) is 11.9 Å². The molecular formula is C21H39NO4S. The van der Waals surface area contributed by atoms with E-state index in [4.69, 9.17) is 9.47 Å². The minimum Gasteiger partial charge on any atom is -0.466 e. The first-order valence-corrected chi connectivity index (χ1v) is 11.3. The molecule has 1 atom stereocenters. The second-order valence-electron chi connectivity index (χ2n) is 7.80. The Labute approximate surface area is 170 Å². The molecule has 1 rings (SSSR count).